The lowest BCUT2D eigenvalue weighted by atomic mass is 9.30. The van der Waals surface area contributed by atoms with E-state index in [0.29, 0.717) is 0 Å². The summed E-state index contributed by atoms with van der Waals surface area (Å²) in [6.45, 7) is 48.6. The van der Waals surface area contributed by atoms with Gasteiger partial charge in [0.15, 0.2) is 0 Å². The highest BCUT2D eigenvalue weighted by Crippen LogP contribution is 2.56. The molecule has 2 aromatic heterocycles. The average Bonchev–Trinajstić information content (AvgIpc) is 0.860. The number of rotatable bonds is 9. The van der Waals surface area contributed by atoms with Gasteiger partial charge in [-0.15, -0.1) is 0 Å². The van der Waals surface area contributed by atoms with Crippen molar-refractivity contribution < 1.29 is 4.74 Å². The molecule has 0 aliphatic carbocycles. The van der Waals surface area contributed by atoms with E-state index in [-0.39, 0.29) is 51.3 Å². The molecule has 0 atom stereocenters. The summed E-state index contributed by atoms with van der Waals surface area (Å²) in [7, 11) is 0. The Morgan fingerprint density at radius 3 is 0.856 bits per heavy atom. The average molecular weight is 1710 g/mol. The molecular formula is C124H117B2N5O. The van der Waals surface area contributed by atoms with Crippen LogP contribution in [0.4, 0.5) is 51.2 Å². The summed E-state index contributed by atoms with van der Waals surface area (Å²) in [5.41, 5.74) is 40.6. The fourth-order valence-corrected chi connectivity index (χ4v) is 21.7. The third kappa shape index (κ3) is 13.7. The minimum Gasteiger partial charge on any atom is -0.458 e. The first-order valence-corrected chi connectivity index (χ1v) is 47.6. The van der Waals surface area contributed by atoms with Gasteiger partial charge in [-0.1, -0.05) is 370 Å². The van der Waals surface area contributed by atoms with Crippen molar-refractivity contribution in [2.24, 2.45) is 0 Å². The van der Waals surface area contributed by atoms with Gasteiger partial charge >= 0.3 is 0 Å². The second-order valence-corrected chi connectivity index (χ2v) is 45.0. The largest absolute Gasteiger partial charge is 0.458 e. The van der Waals surface area contributed by atoms with Crippen molar-refractivity contribution in [3.05, 3.63) is 367 Å². The molecule has 0 unspecified atom stereocenters. The lowest BCUT2D eigenvalue weighted by Crippen LogP contribution is -2.64. The maximum atomic E-state index is 8.49. The fraction of sp³-hybridized carbons (Fsp3) is 0.226. The molecule has 4 aliphatic heterocycles. The highest BCUT2D eigenvalue weighted by atomic mass is 16.5. The van der Waals surface area contributed by atoms with Gasteiger partial charge in [-0.25, -0.2) is 0 Å². The number of aromatic nitrogens is 2. The molecular weight excluding hydrogens is 1600 g/mol. The van der Waals surface area contributed by atoms with Gasteiger partial charge < -0.3 is 28.6 Å². The molecule has 0 radical (unpaired) electrons. The maximum absolute atomic E-state index is 8.49. The molecule has 8 heteroatoms. The van der Waals surface area contributed by atoms with Crippen molar-refractivity contribution >= 4 is 141 Å². The van der Waals surface area contributed by atoms with E-state index in [2.05, 4.69) is 497 Å². The zero-order valence-corrected chi connectivity index (χ0v) is 80.5. The maximum Gasteiger partial charge on any atom is 0.256 e. The highest BCUT2D eigenvalue weighted by molar-refractivity contribution is 7.02. The van der Waals surface area contributed by atoms with Gasteiger partial charge in [0.25, 0.3) is 13.4 Å². The molecule has 4 aliphatic rings. The number of ether oxygens (including phenoxy) is 1. The van der Waals surface area contributed by atoms with Gasteiger partial charge in [-0.2, -0.15) is 0 Å². The minimum atomic E-state index is -0.352. The lowest BCUT2D eigenvalue weighted by Gasteiger charge is -2.46. The molecule has 0 amide bonds. The standard InChI is InChI=1S/C124H117B2N5O/c1-118(2,3)80-48-56-87(57-49-80)127-106-68-85(123(16,17)18)50-58-98(106)125-100-74-101-112(75-108(100)131(117-92(78-40-30-24-31-41-78)46-35-47-93(117)79-42-32-25-33-43-79)110-71-88(70-109(127)114(110)125)128-102-60-52-81(119(4,5)6)64-94(102)95-65-82(120(7,8)9)53-61-103(95)128)132-113-73-89(129-104-62-54-83(121(10,11)12)66-96(104)97-67-84(122(13,14)15)55-63-105(97)129)72-111-115(113)126(101)99-59-51-86(124(19,20)21)69-107(99)130(111)116-90(76-36-26-22-27-37-76)44-34-45-91(116)77-38-28-23-29-39-77/h22-75H,1-21H3. The van der Waals surface area contributed by atoms with Crippen LogP contribution in [-0.4, -0.2) is 22.6 Å². The monoisotopic (exact) mass is 1710 g/mol. The molecule has 0 bridgehead atoms. The smallest absolute Gasteiger partial charge is 0.256 e. The summed E-state index contributed by atoms with van der Waals surface area (Å²) in [4.78, 5) is 8.05. The van der Waals surface area contributed by atoms with Gasteiger partial charge in [0.1, 0.15) is 11.5 Å². The third-order valence-corrected chi connectivity index (χ3v) is 29.0. The first-order chi connectivity index (χ1) is 62.9. The third-order valence-electron chi connectivity index (χ3n) is 29.0. The topological polar surface area (TPSA) is 28.8 Å². The predicted octanol–water partition coefficient (Wildman–Crippen LogP) is 30.1. The number of nitrogens with zero attached hydrogens (tertiary/aromatic N) is 5. The Kier molecular flexibility index (Phi) is 19.1. The number of hydrogen-bond donors (Lipinski definition) is 0. The summed E-state index contributed by atoms with van der Waals surface area (Å²) < 4.78 is 13.7. The Labute approximate surface area is 781 Å². The summed E-state index contributed by atoms with van der Waals surface area (Å²) in [6, 6.07) is 127. The van der Waals surface area contributed by atoms with Crippen LogP contribution in [0.25, 0.3) is 99.5 Å². The summed E-state index contributed by atoms with van der Waals surface area (Å²) in [5.74, 6) is 1.62. The zero-order chi connectivity index (χ0) is 91.7. The second kappa shape index (κ2) is 30.0. The van der Waals surface area contributed by atoms with E-state index in [9.17, 15) is 0 Å². The minimum absolute atomic E-state index is 0.0962. The predicted molar refractivity (Wildman–Crippen MR) is 568 cm³/mol. The SMILES string of the molecule is CC(C)(C)c1ccc(N2c3cc(C(C)(C)C)ccc3B3c4cc5c(cc4N(c4c(-c6ccccc6)cccc4-c4ccccc4)c4cc(-n6c7ccc(C(C)(C)C)cc7c7cc(C(C)(C)C)ccc76)cc2c43)Oc2cc(-n3c4ccc(C(C)(C)C)cc4c4cc(C(C)(C)C)ccc43)cc3c2B5c2ccc(C(C)(C)C)cc2N3c2c(-c3ccccc3)cccc2-c2ccccc2)cc1. The van der Waals surface area contributed by atoms with Crippen LogP contribution in [0.3, 0.4) is 0 Å². The van der Waals surface area contributed by atoms with Crippen molar-refractivity contribution in [3.8, 4) is 67.4 Å². The molecule has 650 valence electrons. The molecule has 0 N–H and O–H groups in total. The zero-order valence-electron chi connectivity index (χ0n) is 80.5. The van der Waals surface area contributed by atoms with Crippen molar-refractivity contribution in [2.75, 3.05) is 14.7 Å². The van der Waals surface area contributed by atoms with Crippen LogP contribution < -0.4 is 52.2 Å². The van der Waals surface area contributed by atoms with E-state index in [1.165, 1.54) is 82.3 Å². The van der Waals surface area contributed by atoms with Crippen LogP contribution in [0, 0.1) is 0 Å². The molecule has 132 heavy (non-hydrogen) atoms. The number of para-hydroxylation sites is 2. The van der Waals surface area contributed by atoms with Crippen LogP contribution in [-0.2, 0) is 37.9 Å². The summed E-state index contributed by atoms with van der Waals surface area (Å²) >= 11 is 0. The van der Waals surface area contributed by atoms with Crippen molar-refractivity contribution in [1.82, 2.24) is 9.13 Å². The molecule has 16 aromatic carbocycles. The van der Waals surface area contributed by atoms with Crippen LogP contribution in [0.15, 0.2) is 328 Å². The van der Waals surface area contributed by atoms with Crippen molar-refractivity contribution in [2.45, 2.75) is 183 Å². The van der Waals surface area contributed by atoms with E-state index in [0.717, 1.165) is 152 Å². The Morgan fingerprint density at radius 2 is 0.500 bits per heavy atom. The number of hydrogen-bond acceptors (Lipinski definition) is 4. The highest BCUT2D eigenvalue weighted by Gasteiger charge is 2.50. The molecule has 0 spiro atoms. The normalized spacial score (nSPS) is 13.8. The van der Waals surface area contributed by atoms with Crippen LogP contribution in [0.1, 0.15) is 184 Å². The molecule has 0 saturated heterocycles. The fourth-order valence-electron chi connectivity index (χ4n) is 21.7. The van der Waals surface area contributed by atoms with Gasteiger partial charge in [0.2, 0.25) is 0 Å². The molecule has 18 aromatic rings. The van der Waals surface area contributed by atoms with Crippen LogP contribution in [0.5, 0.6) is 11.5 Å². The molecule has 0 fully saturated rings. The molecule has 6 nitrogen and oxygen atoms in total. The van der Waals surface area contributed by atoms with E-state index in [1.54, 1.807) is 0 Å². The molecule has 6 heterocycles. The van der Waals surface area contributed by atoms with E-state index >= 15 is 0 Å². The van der Waals surface area contributed by atoms with Crippen LogP contribution >= 0.6 is 0 Å². The van der Waals surface area contributed by atoms with Crippen molar-refractivity contribution in [3.63, 3.8) is 0 Å². The van der Waals surface area contributed by atoms with Crippen molar-refractivity contribution in [1.29, 1.82) is 0 Å². The quantitative estimate of drug-likeness (QED) is 0.135. The number of anilines is 9. The Bertz CT molecular complexity index is 7500. The van der Waals surface area contributed by atoms with E-state index < -0.39 is 0 Å². The van der Waals surface area contributed by atoms with Gasteiger partial charge in [-0.05, 0) is 223 Å². The lowest BCUT2D eigenvalue weighted by molar-refractivity contribution is 0.487. The number of benzene rings is 16. The molecule has 0 saturated carbocycles. The Hall–Kier alpha value is -13.6. The first kappa shape index (κ1) is 84.0. The Morgan fingerprint density at radius 1 is 0.205 bits per heavy atom. The Balaban J connectivity index is 0.907. The van der Waals surface area contributed by atoms with Gasteiger partial charge in [-0.3, -0.25) is 0 Å². The van der Waals surface area contributed by atoms with E-state index in [1.807, 2.05) is 0 Å². The first-order valence-electron chi connectivity index (χ1n) is 47.6. The van der Waals surface area contributed by atoms with Gasteiger partial charge in [0.05, 0.1) is 44.8 Å². The number of fused-ring (bicyclic) bond motifs is 14. The molecule has 22 rings (SSSR count). The van der Waals surface area contributed by atoms with Gasteiger partial charge in [0, 0.05) is 95.7 Å². The second-order valence-electron chi connectivity index (χ2n) is 45.0. The summed E-state index contributed by atoms with van der Waals surface area (Å²) in [6.07, 6.45) is 0. The summed E-state index contributed by atoms with van der Waals surface area (Å²) in [5, 5.41) is 4.93. The van der Waals surface area contributed by atoms with Crippen LogP contribution in [0.2, 0.25) is 0 Å². The van der Waals surface area contributed by atoms with E-state index in [4.69, 9.17) is 4.74 Å².